The van der Waals surface area contributed by atoms with E-state index in [1.165, 1.54) is 11.8 Å². The highest BCUT2D eigenvalue weighted by atomic mass is 32.2. The number of hydrogen-bond donors (Lipinski definition) is 1. The number of nitrogens with zero attached hydrogens (tertiary/aromatic N) is 3. The van der Waals surface area contributed by atoms with Gasteiger partial charge in [-0.1, -0.05) is 12.1 Å². The number of fused-ring (bicyclic) bond motifs is 1. The van der Waals surface area contributed by atoms with Crippen LogP contribution in [-0.4, -0.2) is 58.2 Å². The summed E-state index contributed by atoms with van der Waals surface area (Å²) in [5, 5.41) is 9.29. The van der Waals surface area contributed by atoms with Gasteiger partial charge in [-0.15, -0.1) is 0 Å². The summed E-state index contributed by atoms with van der Waals surface area (Å²) in [6.07, 6.45) is 2.68. The predicted octanol–water partition coefficient (Wildman–Crippen LogP) is 1.05. The molecule has 1 saturated carbocycles. The van der Waals surface area contributed by atoms with Gasteiger partial charge in [0.05, 0.1) is 11.0 Å². The zero-order valence-electron chi connectivity index (χ0n) is 14.6. The highest BCUT2D eigenvalue weighted by molar-refractivity contribution is 7.89. The molecule has 0 spiro atoms. The van der Waals surface area contributed by atoms with Gasteiger partial charge < -0.3 is 14.6 Å². The van der Waals surface area contributed by atoms with Crippen molar-refractivity contribution < 1.29 is 23.1 Å². The second-order valence-corrected chi connectivity index (χ2v) is 8.86. The van der Waals surface area contributed by atoms with E-state index in [0.717, 1.165) is 19.1 Å². The molecule has 1 aromatic heterocycles. The zero-order valence-corrected chi connectivity index (χ0v) is 15.4. The van der Waals surface area contributed by atoms with Crippen molar-refractivity contribution in [3.8, 4) is 0 Å². The lowest BCUT2D eigenvalue weighted by molar-refractivity contribution is -0.150. The van der Waals surface area contributed by atoms with Crippen molar-refractivity contribution in [3.05, 3.63) is 30.1 Å². The van der Waals surface area contributed by atoms with Gasteiger partial charge in [0.1, 0.15) is 24.2 Å². The molecule has 1 N–H and O–H groups in total. The number of carboxylic acid groups (broad SMARTS) is 1. The molecule has 2 aromatic rings. The first-order chi connectivity index (χ1) is 12.2. The molecule has 0 saturated heterocycles. The summed E-state index contributed by atoms with van der Waals surface area (Å²) in [4.78, 5) is 30.0. The van der Waals surface area contributed by atoms with E-state index >= 15 is 0 Å². The van der Waals surface area contributed by atoms with Crippen LogP contribution in [0.15, 0.2) is 24.3 Å². The lowest BCUT2D eigenvalue weighted by Crippen LogP contribution is -2.46. The van der Waals surface area contributed by atoms with Crippen LogP contribution in [0.3, 0.4) is 0 Å². The Bertz CT molecular complexity index is 962. The third-order valence-corrected chi connectivity index (χ3v) is 5.20. The Hall–Kier alpha value is -2.42. The molecule has 1 aliphatic carbocycles. The van der Waals surface area contributed by atoms with Gasteiger partial charge in [-0.2, -0.15) is 0 Å². The zero-order chi connectivity index (χ0) is 19.1. The van der Waals surface area contributed by atoms with Gasteiger partial charge in [-0.25, -0.2) is 18.2 Å². The normalized spacial score (nSPS) is 15.8. The number of amides is 1. The lowest BCUT2D eigenvalue weighted by Gasteiger charge is -2.27. The van der Waals surface area contributed by atoms with Gasteiger partial charge in [-0.05, 0) is 31.9 Å². The number of rotatable bonds is 7. The summed E-state index contributed by atoms with van der Waals surface area (Å²) in [7, 11) is -3.34. The molecule has 0 bridgehead atoms. The summed E-state index contributed by atoms with van der Waals surface area (Å²) < 4.78 is 25.0. The summed E-state index contributed by atoms with van der Waals surface area (Å²) in [5.41, 5.74) is 1.25. The molecule has 0 aliphatic heterocycles. The number of para-hydroxylation sites is 2. The first kappa shape index (κ1) is 18.4. The van der Waals surface area contributed by atoms with Crippen LogP contribution in [0.2, 0.25) is 0 Å². The Morgan fingerprint density at radius 1 is 1.35 bits per heavy atom. The van der Waals surface area contributed by atoms with Crippen LogP contribution in [0.5, 0.6) is 0 Å². The fraction of sp³-hybridized carbons (Fsp3) is 0.471. The van der Waals surface area contributed by atoms with E-state index in [2.05, 4.69) is 4.98 Å². The molecule has 8 nitrogen and oxygen atoms in total. The number of benzene rings is 1. The highest BCUT2D eigenvalue weighted by Crippen LogP contribution is 2.29. The molecular weight excluding hydrogens is 358 g/mol. The third-order valence-electron chi connectivity index (χ3n) is 4.42. The average molecular weight is 379 g/mol. The first-order valence-electron chi connectivity index (χ1n) is 8.33. The maximum Gasteiger partial charge on any atom is 0.326 e. The molecule has 1 unspecified atom stereocenters. The molecule has 1 atom stereocenters. The Kier molecular flexibility index (Phi) is 4.74. The van der Waals surface area contributed by atoms with E-state index in [1.54, 1.807) is 28.8 Å². The molecule has 1 heterocycles. The van der Waals surface area contributed by atoms with Gasteiger partial charge in [0.2, 0.25) is 5.91 Å². The molecule has 1 fully saturated rings. The summed E-state index contributed by atoms with van der Waals surface area (Å²) >= 11 is 0. The molecule has 0 radical (unpaired) electrons. The van der Waals surface area contributed by atoms with Crippen molar-refractivity contribution in [1.29, 1.82) is 0 Å². The van der Waals surface area contributed by atoms with Crippen LogP contribution < -0.4 is 0 Å². The van der Waals surface area contributed by atoms with Gasteiger partial charge in [0.25, 0.3) is 0 Å². The predicted molar refractivity (Wildman–Crippen MR) is 95.2 cm³/mol. The number of carbonyl (C=O) groups excluding carboxylic acids is 1. The van der Waals surface area contributed by atoms with Crippen LogP contribution in [0.4, 0.5) is 0 Å². The van der Waals surface area contributed by atoms with Gasteiger partial charge in [0.15, 0.2) is 9.84 Å². The first-order valence-corrected chi connectivity index (χ1v) is 10.4. The van der Waals surface area contributed by atoms with Crippen molar-refractivity contribution in [1.82, 2.24) is 14.5 Å². The van der Waals surface area contributed by atoms with E-state index in [0.29, 0.717) is 11.0 Å². The van der Waals surface area contributed by atoms with E-state index in [-0.39, 0.29) is 30.1 Å². The van der Waals surface area contributed by atoms with E-state index < -0.39 is 21.8 Å². The SMILES string of the molecule is CC(C(=O)O)N(C(=O)Cn1c(CS(C)(=O)=O)nc2ccccc21)C1CC1. The summed E-state index contributed by atoms with van der Waals surface area (Å²) in [6, 6.07) is 6.09. The van der Waals surface area contributed by atoms with Crippen LogP contribution in [0.1, 0.15) is 25.6 Å². The van der Waals surface area contributed by atoms with Crippen LogP contribution in [0.25, 0.3) is 11.0 Å². The number of carboxylic acids is 1. The molecule has 1 aliphatic rings. The Morgan fingerprint density at radius 2 is 2.00 bits per heavy atom. The minimum absolute atomic E-state index is 0.0678. The number of aromatic nitrogens is 2. The fourth-order valence-corrected chi connectivity index (χ4v) is 3.76. The molecule has 1 amide bonds. The maximum atomic E-state index is 12.9. The quantitative estimate of drug-likeness (QED) is 0.770. The lowest BCUT2D eigenvalue weighted by atomic mass is 10.2. The van der Waals surface area contributed by atoms with Crippen LogP contribution in [-0.2, 0) is 31.7 Å². The fourth-order valence-electron chi connectivity index (χ4n) is 3.07. The molecule has 26 heavy (non-hydrogen) atoms. The molecule has 1 aromatic carbocycles. The number of carbonyl (C=O) groups is 2. The minimum atomic E-state index is -3.34. The van der Waals surface area contributed by atoms with Crippen molar-refractivity contribution in [3.63, 3.8) is 0 Å². The Labute approximate surface area is 151 Å². The summed E-state index contributed by atoms with van der Waals surface area (Å²) in [5.74, 6) is -1.41. The second-order valence-electron chi connectivity index (χ2n) is 6.72. The minimum Gasteiger partial charge on any atom is -0.480 e. The molecule has 140 valence electrons. The van der Waals surface area contributed by atoms with E-state index in [4.69, 9.17) is 0 Å². The molecular formula is C17H21N3O5S. The number of imidazole rings is 1. The number of aliphatic carboxylic acids is 1. The Balaban J connectivity index is 1.97. The van der Waals surface area contributed by atoms with Crippen molar-refractivity contribution in [2.75, 3.05) is 6.26 Å². The van der Waals surface area contributed by atoms with Crippen molar-refractivity contribution >= 4 is 32.7 Å². The third kappa shape index (κ3) is 3.87. The van der Waals surface area contributed by atoms with Gasteiger partial charge in [-0.3, -0.25) is 4.79 Å². The maximum absolute atomic E-state index is 12.9. The topological polar surface area (TPSA) is 110 Å². The standard InChI is InChI=1S/C17H21N3O5S/c1-11(17(22)23)20(12-7-8-12)16(21)9-19-14-6-4-3-5-13(14)18-15(19)10-26(2,24)25/h3-6,11-12H,7-10H2,1-2H3,(H,22,23). The second kappa shape index (κ2) is 6.71. The number of sulfone groups is 1. The van der Waals surface area contributed by atoms with Crippen LogP contribution >= 0.6 is 0 Å². The van der Waals surface area contributed by atoms with E-state index in [9.17, 15) is 23.1 Å². The van der Waals surface area contributed by atoms with E-state index in [1.807, 2.05) is 0 Å². The molecule has 3 rings (SSSR count). The van der Waals surface area contributed by atoms with Crippen LogP contribution in [0, 0.1) is 0 Å². The summed E-state index contributed by atoms with van der Waals surface area (Å²) in [6.45, 7) is 1.35. The van der Waals surface area contributed by atoms with Gasteiger partial charge >= 0.3 is 5.97 Å². The van der Waals surface area contributed by atoms with Crippen molar-refractivity contribution in [2.24, 2.45) is 0 Å². The number of hydrogen-bond acceptors (Lipinski definition) is 5. The molecule has 9 heteroatoms. The Morgan fingerprint density at radius 3 is 2.58 bits per heavy atom. The highest BCUT2D eigenvalue weighted by Gasteiger charge is 2.38. The average Bonchev–Trinajstić information content (AvgIpc) is 3.31. The smallest absolute Gasteiger partial charge is 0.326 e. The largest absolute Gasteiger partial charge is 0.480 e. The van der Waals surface area contributed by atoms with Crippen molar-refractivity contribution in [2.45, 2.75) is 44.1 Å². The monoisotopic (exact) mass is 379 g/mol. The van der Waals surface area contributed by atoms with Gasteiger partial charge in [0, 0.05) is 12.3 Å².